The summed E-state index contributed by atoms with van der Waals surface area (Å²) in [5, 5.41) is 0. The van der Waals surface area contributed by atoms with E-state index < -0.39 is 29.3 Å². The van der Waals surface area contributed by atoms with Gasteiger partial charge in [-0.3, -0.25) is 9.59 Å². The zero-order chi connectivity index (χ0) is 40.3. The predicted octanol–water partition coefficient (Wildman–Crippen LogP) is 10.3. The lowest BCUT2D eigenvalue weighted by atomic mass is 9.82. The summed E-state index contributed by atoms with van der Waals surface area (Å²) < 4.78 is 64.1. The number of halogens is 3. The molecule has 0 unspecified atom stereocenters. The minimum absolute atomic E-state index is 0.0301. The second kappa shape index (κ2) is 22.7. The Labute approximate surface area is 322 Å². The molecule has 0 bridgehead atoms. The molecule has 0 spiro atoms. The molecule has 0 radical (unpaired) electrons. The molecule has 0 aromatic heterocycles. The van der Waals surface area contributed by atoms with Crippen molar-refractivity contribution < 1.29 is 56.0 Å². The van der Waals surface area contributed by atoms with Gasteiger partial charge in [0.05, 0.1) is 25.0 Å². The molecule has 1 aliphatic carbocycles. The molecule has 0 aliphatic heterocycles. The molecule has 0 heterocycles. The summed E-state index contributed by atoms with van der Waals surface area (Å²) in [6.07, 6.45) is 10.1. The van der Waals surface area contributed by atoms with Crippen LogP contribution in [0.2, 0.25) is 0 Å². The number of hydrogen-bond donors (Lipinski definition) is 0. The fraction of sp³-hybridized carbons (Fsp3) is 0.535. The third-order valence-electron chi connectivity index (χ3n) is 8.98. The van der Waals surface area contributed by atoms with Gasteiger partial charge in [-0.25, -0.2) is 9.59 Å². The van der Waals surface area contributed by atoms with E-state index in [1.54, 1.807) is 75.4 Å². The van der Waals surface area contributed by atoms with Crippen LogP contribution in [0.5, 0.6) is 17.2 Å². The van der Waals surface area contributed by atoms with E-state index in [9.17, 15) is 32.3 Å². The maximum Gasteiger partial charge on any atom is 0.422 e. The summed E-state index contributed by atoms with van der Waals surface area (Å²) in [6, 6.07) is 13.8. The Balaban J connectivity index is 1.20. The number of rotatable bonds is 21. The lowest BCUT2D eigenvalue weighted by Crippen LogP contribution is -2.30. The Bertz CT molecular complexity index is 1550. The van der Waals surface area contributed by atoms with Crippen LogP contribution >= 0.6 is 0 Å². The van der Waals surface area contributed by atoms with Crippen molar-refractivity contribution >= 4 is 30.0 Å². The van der Waals surface area contributed by atoms with Crippen LogP contribution in [0.15, 0.2) is 66.8 Å². The molecular weight excluding hydrogens is 717 g/mol. The van der Waals surface area contributed by atoms with Gasteiger partial charge in [-0.15, -0.1) is 0 Å². The van der Waals surface area contributed by atoms with E-state index in [0.29, 0.717) is 56.0 Å². The summed E-state index contributed by atoms with van der Waals surface area (Å²) in [5.41, 5.74) is -1.28. The first-order chi connectivity index (χ1) is 26.1. The van der Waals surface area contributed by atoms with Gasteiger partial charge < -0.3 is 23.7 Å². The van der Waals surface area contributed by atoms with Crippen molar-refractivity contribution in [2.24, 2.45) is 11.8 Å². The first-order valence-corrected chi connectivity index (χ1v) is 19.2. The summed E-state index contributed by atoms with van der Waals surface area (Å²) in [4.78, 5) is 48.8. The van der Waals surface area contributed by atoms with Gasteiger partial charge in [0, 0.05) is 6.08 Å². The van der Waals surface area contributed by atoms with Crippen LogP contribution in [0.25, 0.3) is 6.08 Å². The van der Waals surface area contributed by atoms with E-state index in [0.717, 1.165) is 63.4 Å². The number of alkyl halides is 3. The molecule has 1 aliphatic rings. The summed E-state index contributed by atoms with van der Waals surface area (Å²) in [5.74, 6) is -1.52. The van der Waals surface area contributed by atoms with Crippen molar-refractivity contribution in [3.63, 3.8) is 0 Å². The monoisotopic (exact) mass is 772 g/mol. The highest BCUT2D eigenvalue weighted by molar-refractivity contribution is 5.89. The maximum atomic E-state index is 12.8. The Kier molecular flexibility index (Phi) is 18.5. The largest absolute Gasteiger partial charge is 0.494 e. The number of hydrogen-bond acceptors (Lipinski definition) is 9. The topological polar surface area (TPSA) is 114 Å². The molecule has 9 nitrogen and oxygen atoms in total. The highest BCUT2D eigenvalue weighted by atomic mass is 19.4. The Morgan fingerprint density at radius 1 is 0.655 bits per heavy atom. The first kappa shape index (κ1) is 44.8. The quantitative estimate of drug-likeness (QED) is 0.0529. The van der Waals surface area contributed by atoms with Crippen LogP contribution < -0.4 is 14.2 Å². The van der Waals surface area contributed by atoms with Crippen LogP contribution in [0.1, 0.15) is 116 Å². The molecule has 0 saturated heterocycles. The van der Waals surface area contributed by atoms with E-state index in [2.05, 4.69) is 11.3 Å². The van der Waals surface area contributed by atoms with Gasteiger partial charge in [0.2, 0.25) is 0 Å². The second-order valence-corrected chi connectivity index (χ2v) is 14.8. The Hall–Kier alpha value is -4.61. The first-order valence-electron chi connectivity index (χ1n) is 19.2. The molecule has 302 valence electrons. The van der Waals surface area contributed by atoms with Crippen molar-refractivity contribution in [3.05, 3.63) is 72.3 Å². The van der Waals surface area contributed by atoms with E-state index in [-0.39, 0.29) is 30.4 Å². The highest BCUT2D eigenvalue weighted by Crippen LogP contribution is 2.32. The normalized spacial score (nSPS) is 16.0. The zero-order valence-electron chi connectivity index (χ0n) is 32.3. The Morgan fingerprint density at radius 3 is 1.53 bits per heavy atom. The molecule has 1 fully saturated rings. The molecule has 0 atom stereocenters. The third-order valence-corrected chi connectivity index (χ3v) is 8.98. The van der Waals surface area contributed by atoms with Gasteiger partial charge in [-0.05, 0) is 107 Å². The predicted molar refractivity (Wildman–Crippen MR) is 202 cm³/mol. The van der Waals surface area contributed by atoms with Crippen LogP contribution in [-0.2, 0) is 28.7 Å². The van der Waals surface area contributed by atoms with E-state index in [1.807, 2.05) is 0 Å². The summed E-state index contributed by atoms with van der Waals surface area (Å²) in [6.45, 7) is 8.69. The number of carbonyl (C=O) groups is 4. The number of benzene rings is 2. The number of carbonyl (C=O) groups excluding carboxylic acids is 4. The number of esters is 4. The molecule has 1 saturated carbocycles. The lowest BCUT2D eigenvalue weighted by Gasteiger charge is -2.25. The van der Waals surface area contributed by atoms with E-state index in [4.69, 9.17) is 18.9 Å². The van der Waals surface area contributed by atoms with Crippen LogP contribution in [0, 0.1) is 11.8 Å². The minimum Gasteiger partial charge on any atom is -0.494 e. The number of ether oxygens (including phenoxy) is 5. The van der Waals surface area contributed by atoms with Gasteiger partial charge in [0.1, 0.15) is 28.4 Å². The maximum absolute atomic E-state index is 12.8. The zero-order valence-corrected chi connectivity index (χ0v) is 32.3. The summed E-state index contributed by atoms with van der Waals surface area (Å²) >= 11 is 0. The molecule has 2 aromatic carbocycles. The van der Waals surface area contributed by atoms with Gasteiger partial charge in [0.25, 0.3) is 0 Å². The average molecular weight is 773 g/mol. The van der Waals surface area contributed by atoms with Gasteiger partial charge in [-0.2, -0.15) is 13.2 Å². The van der Waals surface area contributed by atoms with Crippen molar-refractivity contribution in [2.75, 3.05) is 13.2 Å². The van der Waals surface area contributed by atoms with Crippen molar-refractivity contribution in [2.45, 2.75) is 122 Å². The number of unbranched alkanes of at least 4 members (excludes halogenated alkanes) is 9. The van der Waals surface area contributed by atoms with Gasteiger partial charge in [0.15, 0.2) is 0 Å². The van der Waals surface area contributed by atoms with Crippen LogP contribution in [-0.4, -0.2) is 48.9 Å². The van der Waals surface area contributed by atoms with Crippen LogP contribution in [0.4, 0.5) is 13.2 Å². The highest BCUT2D eigenvalue weighted by Gasteiger charge is 2.38. The third kappa shape index (κ3) is 18.1. The molecule has 0 amide bonds. The fourth-order valence-corrected chi connectivity index (χ4v) is 5.89. The van der Waals surface area contributed by atoms with Gasteiger partial charge >= 0.3 is 30.1 Å². The van der Waals surface area contributed by atoms with E-state index in [1.165, 1.54) is 6.08 Å². The van der Waals surface area contributed by atoms with Crippen LogP contribution in [0.3, 0.4) is 0 Å². The molecule has 55 heavy (non-hydrogen) atoms. The molecule has 2 aromatic rings. The Morgan fingerprint density at radius 2 is 1.07 bits per heavy atom. The van der Waals surface area contributed by atoms with E-state index >= 15 is 0 Å². The average Bonchev–Trinajstić information content (AvgIpc) is 3.13. The smallest absolute Gasteiger partial charge is 0.422 e. The fourth-order valence-electron chi connectivity index (χ4n) is 5.89. The minimum atomic E-state index is -4.76. The molecule has 12 heteroatoms. The molecular formula is C43H55F3O9. The molecule has 0 N–H and O–H groups in total. The summed E-state index contributed by atoms with van der Waals surface area (Å²) in [7, 11) is 0. The van der Waals surface area contributed by atoms with Gasteiger partial charge in [-0.1, -0.05) is 70.1 Å². The van der Waals surface area contributed by atoms with Crippen molar-refractivity contribution in [1.82, 2.24) is 0 Å². The second-order valence-electron chi connectivity index (χ2n) is 14.8. The standard InChI is InChI=1S/C43H55F3O9/c1-31(43(44,45)46)39(48)52-30-14-12-10-8-6-5-7-9-11-13-29-51-35-24-26-37(27-25-35)54-41(50)34-20-18-33(19-21-34)40(49)53-36-22-15-32(16-23-36)17-28-38(47)55-42(2,3)4/h15-17,22-28,33-34H,1,5-14,18-21,29-30H2,2-4H3/b28-17+. The van der Waals surface area contributed by atoms with Crippen molar-refractivity contribution in [3.8, 4) is 17.2 Å². The lowest BCUT2D eigenvalue weighted by molar-refractivity contribution is -0.151. The van der Waals surface area contributed by atoms with Crippen molar-refractivity contribution in [1.29, 1.82) is 0 Å². The SMILES string of the molecule is C=C(C(=O)OCCCCCCCCCCCCOc1ccc(OC(=O)C2CCC(C(=O)Oc3ccc(/C=C/C(=O)OC(C)(C)C)cc3)CC2)cc1)C(F)(F)F. The molecule has 3 rings (SSSR count).